The van der Waals surface area contributed by atoms with Crippen molar-refractivity contribution in [2.24, 2.45) is 5.92 Å². The number of nitrogens with one attached hydrogen (secondary N) is 2. The number of carbonyl (C=O) groups excluding carboxylic acids is 3. The molecule has 2 rings (SSSR count). The number of unbranched alkanes of at least 4 members (excludes halogenated alkanes) is 1. The second-order valence-corrected chi connectivity index (χ2v) is 11.0. The van der Waals surface area contributed by atoms with Crippen molar-refractivity contribution in [1.29, 1.82) is 0 Å². The predicted octanol–water partition coefficient (Wildman–Crippen LogP) is 5.87. The van der Waals surface area contributed by atoms with Gasteiger partial charge in [-0.05, 0) is 81.8 Å². The summed E-state index contributed by atoms with van der Waals surface area (Å²) in [6.45, 7) is 14.9. The molecule has 0 spiro atoms. The van der Waals surface area contributed by atoms with Crippen LogP contribution in [-0.2, 0) is 14.3 Å². The number of anilines is 1. The number of alkyl carbamates (subject to hydrolysis) is 1. The highest BCUT2D eigenvalue weighted by Gasteiger charge is 2.37. The fourth-order valence-electron chi connectivity index (χ4n) is 4.06. The van der Waals surface area contributed by atoms with Crippen molar-refractivity contribution in [2.45, 2.75) is 85.9 Å². The van der Waals surface area contributed by atoms with Crippen molar-refractivity contribution in [3.8, 4) is 5.75 Å². The van der Waals surface area contributed by atoms with Crippen LogP contribution in [-0.4, -0.2) is 46.1 Å². The summed E-state index contributed by atoms with van der Waals surface area (Å²) in [6.07, 6.45) is 0.770. The quantitative estimate of drug-likeness (QED) is 0.360. The Balaban J connectivity index is 2.56. The Morgan fingerprint density at radius 2 is 1.68 bits per heavy atom. The number of nitrogens with zero attached hydrogens (tertiary/aromatic N) is 1. The number of carbonyl (C=O) groups is 3. The number of hydrogen-bond acceptors (Lipinski definition) is 5. The molecule has 2 atom stereocenters. The van der Waals surface area contributed by atoms with Gasteiger partial charge in [-0.3, -0.25) is 9.59 Å². The lowest BCUT2D eigenvalue weighted by molar-refractivity contribution is -0.141. The van der Waals surface area contributed by atoms with E-state index in [1.54, 1.807) is 39.8 Å². The molecule has 0 heterocycles. The molecule has 38 heavy (non-hydrogen) atoms. The van der Waals surface area contributed by atoms with Gasteiger partial charge < -0.3 is 25.4 Å². The molecule has 0 saturated heterocycles. The smallest absolute Gasteiger partial charge is 0.408 e. The van der Waals surface area contributed by atoms with E-state index in [1.807, 2.05) is 52.0 Å². The van der Waals surface area contributed by atoms with Gasteiger partial charge in [0.05, 0.1) is 0 Å². The molecule has 2 unspecified atom stereocenters. The van der Waals surface area contributed by atoms with Crippen LogP contribution < -0.4 is 10.6 Å². The lowest BCUT2D eigenvalue weighted by atomic mass is 9.97. The molecule has 0 fully saturated rings. The summed E-state index contributed by atoms with van der Waals surface area (Å²) < 4.78 is 5.42. The van der Waals surface area contributed by atoms with Gasteiger partial charge in [-0.1, -0.05) is 51.5 Å². The maximum atomic E-state index is 14.1. The topological polar surface area (TPSA) is 108 Å². The molecular weight excluding hydrogens is 482 g/mol. The number of hydrogen-bond donors (Lipinski definition) is 3. The van der Waals surface area contributed by atoms with Gasteiger partial charge in [0.1, 0.15) is 23.4 Å². The third kappa shape index (κ3) is 8.50. The van der Waals surface area contributed by atoms with Gasteiger partial charge in [0.25, 0.3) is 5.91 Å². The summed E-state index contributed by atoms with van der Waals surface area (Å²) in [7, 11) is 0. The Labute approximate surface area is 226 Å². The lowest BCUT2D eigenvalue weighted by Gasteiger charge is -2.36. The van der Waals surface area contributed by atoms with E-state index in [0.29, 0.717) is 29.8 Å². The Morgan fingerprint density at radius 3 is 2.24 bits per heavy atom. The molecule has 3 amide bonds. The van der Waals surface area contributed by atoms with E-state index in [4.69, 9.17) is 4.74 Å². The molecule has 0 bridgehead atoms. The first-order chi connectivity index (χ1) is 17.7. The number of phenols is 1. The van der Waals surface area contributed by atoms with Crippen molar-refractivity contribution < 1.29 is 24.2 Å². The van der Waals surface area contributed by atoms with Gasteiger partial charge in [0.15, 0.2) is 0 Å². The minimum absolute atomic E-state index is 0.102. The number of phenolic OH excluding ortho intramolecular Hbond substituents is 1. The zero-order valence-corrected chi connectivity index (χ0v) is 23.9. The number of para-hydroxylation sites is 1. The highest BCUT2D eigenvalue weighted by molar-refractivity contribution is 5.99. The maximum Gasteiger partial charge on any atom is 0.408 e. The molecule has 0 aliphatic carbocycles. The van der Waals surface area contributed by atoms with Gasteiger partial charge in [0.2, 0.25) is 5.91 Å². The molecule has 2 aromatic carbocycles. The minimum atomic E-state index is -0.991. The van der Waals surface area contributed by atoms with Crippen LogP contribution in [0.5, 0.6) is 5.75 Å². The Kier molecular flexibility index (Phi) is 10.7. The normalized spacial score (nSPS) is 13.0. The fourth-order valence-corrected chi connectivity index (χ4v) is 4.06. The second kappa shape index (κ2) is 13.3. The SMILES string of the molecule is CCCCN(C(=O)C(NC(=O)OC(C)(C)C)C(C)C)C(C(=O)Nc1ccccc1C)c1ccc(O)c(C)c1. The molecule has 2 aromatic rings. The number of ether oxygens (including phenoxy) is 1. The minimum Gasteiger partial charge on any atom is -0.508 e. The molecule has 0 saturated carbocycles. The number of aromatic hydroxyl groups is 1. The Hall–Kier alpha value is -3.55. The van der Waals surface area contributed by atoms with Gasteiger partial charge in [-0.25, -0.2) is 4.79 Å². The maximum absolute atomic E-state index is 14.1. The number of benzene rings is 2. The number of amides is 3. The van der Waals surface area contributed by atoms with Crippen LogP contribution in [0.3, 0.4) is 0 Å². The van der Waals surface area contributed by atoms with Crippen LogP contribution in [0.1, 0.15) is 77.1 Å². The van der Waals surface area contributed by atoms with Gasteiger partial charge in [-0.2, -0.15) is 0 Å². The lowest BCUT2D eigenvalue weighted by Crippen LogP contribution is -2.54. The summed E-state index contributed by atoms with van der Waals surface area (Å²) in [4.78, 5) is 42.2. The summed E-state index contributed by atoms with van der Waals surface area (Å²) in [6, 6.07) is 10.4. The predicted molar refractivity (Wildman–Crippen MR) is 150 cm³/mol. The molecule has 208 valence electrons. The first-order valence-corrected chi connectivity index (χ1v) is 13.2. The van der Waals surface area contributed by atoms with Crippen molar-refractivity contribution >= 4 is 23.6 Å². The molecule has 3 N–H and O–H groups in total. The molecule has 8 nitrogen and oxygen atoms in total. The van der Waals surface area contributed by atoms with E-state index >= 15 is 0 Å². The average molecular weight is 526 g/mol. The van der Waals surface area contributed by atoms with Crippen LogP contribution in [0.25, 0.3) is 0 Å². The second-order valence-electron chi connectivity index (χ2n) is 11.0. The van der Waals surface area contributed by atoms with Crippen LogP contribution in [0.2, 0.25) is 0 Å². The van der Waals surface area contributed by atoms with Gasteiger partial charge in [-0.15, -0.1) is 0 Å². The Morgan fingerprint density at radius 1 is 1.03 bits per heavy atom. The van der Waals surface area contributed by atoms with Crippen LogP contribution in [0.15, 0.2) is 42.5 Å². The van der Waals surface area contributed by atoms with Crippen LogP contribution in [0.4, 0.5) is 10.5 Å². The van der Waals surface area contributed by atoms with Gasteiger partial charge in [0, 0.05) is 12.2 Å². The monoisotopic (exact) mass is 525 g/mol. The molecule has 0 aliphatic rings. The summed E-state index contributed by atoms with van der Waals surface area (Å²) >= 11 is 0. The van der Waals surface area contributed by atoms with Crippen molar-refractivity contribution in [1.82, 2.24) is 10.2 Å². The highest BCUT2D eigenvalue weighted by atomic mass is 16.6. The first kappa shape index (κ1) is 30.7. The zero-order valence-electron chi connectivity index (χ0n) is 23.9. The molecular formula is C30H43N3O5. The summed E-state index contributed by atoms with van der Waals surface area (Å²) in [5.41, 5.74) is 1.96. The van der Waals surface area contributed by atoms with Crippen molar-refractivity contribution in [2.75, 3.05) is 11.9 Å². The van der Waals surface area contributed by atoms with Crippen molar-refractivity contribution in [3.05, 3.63) is 59.2 Å². The largest absolute Gasteiger partial charge is 0.508 e. The van der Waals surface area contributed by atoms with E-state index in [9.17, 15) is 19.5 Å². The summed E-state index contributed by atoms with van der Waals surface area (Å²) in [5.74, 6) is -0.922. The third-order valence-corrected chi connectivity index (χ3v) is 6.14. The first-order valence-electron chi connectivity index (χ1n) is 13.2. The standard InChI is InChI=1S/C30H43N3O5/c1-9-10-17-33(28(36)25(19(2)3)32-29(37)38-30(6,7)8)26(22-15-16-24(34)21(5)18-22)27(35)31-23-14-12-11-13-20(23)4/h11-16,18-19,25-26,34H,9-10,17H2,1-8H3,(H,31,35)(H,32,37). The zero-order chi connectivity index (χ0) is 28.6. The van der Waals surface area contributed by atoms with Crippen molar-refractivity contribution in [3.63, 3.8) is 0 Å². The van der Waals surface area contributed by atoms with E-state index in [2.05, 4.69) is 10.6 Å². The summed E-state index contributed by atoms with van der Waals surface area (Å²) in [5, 5.41) is 15.9. The molecule has 0 radical (unpaired) electrons. The average Bonchev–Trinajstić information content (AvgIpc) is 2.82. The molecule has 8 heteroatoms. The molecule has 0 aromatic heterocycles. The number of rotatable bonds is 10. The molecule has 0 aliphatic heterocycles. The van der Waals surface area contributed by atoms with E-state index in [1.165, 1.54) is 11.0 Å². The van der Waals surface area contributed by atoms with Crippen LogP contribution >= 0.6 is 0 Å². The van der Waals surface area contributed by atoms with E-state index in [0.717, 1.165) is 12.0 Å². The van der Waals surface area contributed by atoms with E-state index < -0.39 is 23.8 Å². The van der Waals surface area contributed by atoms with Gasteiger partial charge >= 0.3 is 6.09 Å². The highest BCUT2D eigenvalue weighted by Crippen LogP contribution is 2.29. The third-order valence-electron chi connectivity index (χ3n) is 6.14. The van der Waals surface area contributed by atoms with E-state index in [-0.39, 0.29) is 23.5 Å². The number of aryl methyl sites for hydroxylation is 2. The Bertz CT molecular complexity index is 1120. The fraction of sp³-hybridized carbons (Fsp3) is 0.500. The van der Waals surface area contributed by atoms with Crippen LogP contribution in [0, 0.1) is 19.8 Å².